The Morgan fingerprint density at radius 3 is 2.30 bits per heavy atom. The van der Waals surface area contributed by atoms with Gasteiger partial charge in [-0.3, -0.25) is 9.69 Å². The highest BCUT2D eigenvalue weighted by atomic mass is 19.1. The summed E-state index contributed by atoms with van der Waals surface area (Å²) in [7, 11) is 0. The molecule has 1 amide bonds. The minimum absolute atomic E-state index is 0.197. The number of halogens is 1. The molecular weight excluding hydrogens is 543 g/mol. The third-order valence-electron chi connectivity index (χ3n) is 9.70. The van der Waals surface area contributed by atoms with E-state index in [-0.39, 0.29) is 23.7 Å². The quantitative estimate of drug-likeness (QED) is 0.386. The number of hydrogen-bond donors (Lipinski definition) is 1. The van der Waals surface area contributed by atoms with Crippen LogP contribution >= 0.6 is 0 Å². The number of allylic oxidation sites excluding steroid dienone is 1. The predicted molar refractivity (Wildman–Crippen MR) is 162 cm³/mol. The van der Waals surface area contributed by atoms with Gasteiger partial charge in [-0.2, -0.15) is 0 Å². The van der Waals surface area contributed by atoms with E-state index in [1.807, 2.05) is 19.1 Å². The Labute approximate surface area is 252 Å². The maximum Gasteiger partial charge on any atom is 0.270 e. The second kappa shape index (κ2) is 11.9. The summed E-state index contributed by atoms with van der Waals surface area (Å²) >= 11 is 0. The van der Waals surface area contributed by atoms with Gasteiger partial charge in [0.2, 0.25) is 0 Å². The van der Waals surface area contributed by atoms with Crippen LogP contribution < -0.4 is 5.32 Å². The summed E-state index contributed by atoms with van der Waals surface area (Å²) in [6.07, 6.45) is 6.71. The third-order valence-corrected chi connectivity index (χ3v) is 9.70. The zero-order chi connectivity index (χ0) is 29.4. The average Bonchev–Trinajstić information content (AvgIpc) is 3.54. The van der Waals surface area contributed by atoms with E-state index in [0.717, 1.165) is 75.1 Å². The highest BCUT2D eigenvalue weighted by molar-refractivity contribution is 5.92. The summed E-state index contributed by atoms with van der Waals surface area (Å²) in [5.41, 5.74) is 6.58. The average molecular weight is 583 g/mol. The summed E-state index contributed by atoms with van der Waals surface area (Å²) < 4.78 is 24.9. The van der Waals surface area contributed by atoms with Crippen LogP contribution in [0.4, 0.5) is 4.39 Å². The molecule has 2 atom stereocenters. The lowest BCUT2D eigenvalue weighted by Crippen LogP contribution is -2.63. The SMILES string of the molecule is C[C@@H](NC(=O)c1ccnc(C2CCOCC2)n1)c1ccc(C(=C2CC3(C2)CN(C2CCOC2)C3)c2ccc(F)cc2)cc1. The molecule has 0 bridgehead atoms. The maximum absolute atomic E-state index is 13.8. The van der Waals surface area contributed by atoms with Gasteiger partial charge in [0, 0.05) is 56.5 Å². The minimum atomic E-state index is -0.227. The van der Waals surface area contributed by atoms with E-state index in [2.05, 4.69) is 44.5 Å². The largest absolute Gasteiger partial charge is 0.381 e. The Morgan fingerprint density at radius 2 is 1.63 bits per heavy atom. The van der Waals surface area contributed by atoms with Crippen molar-refractivity contribution in [1.29, 1.82) is 0 Å². The second-order valence-corrected chi connectivity index (χ2v) is 12.8. The molecule has 1 N–H and O–H groups in total. The predicted octanol–water partition coefficient (Wildman–Crippen LogP) is 5.69. The Morgan fingerprint density at radius 1 is 0.953 bits per heavy atom. The summed E-state index contributed by atoms with van der Waals surface area (Å²) in [6.45, 7) is 7.41. The first-order valence-corrected chi connectivity index (χ1v) is 15.6. The molecule has 4 heterocycles. The summed E-state index contributed by atoms with van der Waals surface area (Å²) in [5, 5.41) is 3.11. The number of rotatable bonds is 7. The molecule has 1 aromatic heterocycles. The van der Waals surface area contributed by atoms with E-state index in [0.29, 0.717) is 36.2 Å². The van der Waals surface area contributed by atoms with Crippen LogP contribution in [0.3, 0.4) is 0 Å². The van der Waals surface area contributed by atoms with Gasteiger partial charge in [-0.05, 0) is 79.5 Å². The topological polar surface area (TPSA) is 76.6 Å². The number of nitrogens with one attached hydrogen (secondary N) is 1. The van der Waals surface area contributed by atoms with Gasteiger partial charge >= 0.3 is 0 Å². The third kappa shape index (κ3) is 5.88. The van der Waals surface area contributed by atoms with Crippen LogP contribution in [0.15, 0.2) is 66.4 Å². The molecule has 3 aromatic rings. The van der Waals surface area contributed by atoms with Crippen LogP contribution in [-0.2, 0) is 9.47 Å². The van der Waals surface area contributed by atoms with E-state index < -0.39 is 0 Å². The Balaban J connectivity index is 1.05. The van der Waals surface area contributed by atoms with E-state index in [9.17, 15) is 9.18 Å². The smallest absolute Gasteiger partial charge is 0.270 e. The monoisotopic (exact) mass is 582 g/mol. The van der Waals surface area contributed by atoms with E-state index in [1.54, 1.807) is 24.4 Å². The van der Waals surface area contributed by atoms with Crippen LogP contribution in [0, 0.1) is 11.2 Å². The fraction of sp³-hybridized carbons (Fsp3) is 0.457. The Kier molecular flexibility index (Phi) is 7.84. The molecule has 7 nitrogen and oxygen atoms in total. The van der Waals surface area contributed by atoms with Gasteiger partial charge in [0.1, 0.15) is 17.3 Å². The van der Waals surface area contributed by atoms with Gasteiger partial charge in [-0.15, -0.1) is 0 Å². The summed E-state index contributed by atoms with van der Waals surface area (Å²) in [4.78, 5) is 24.7. The molecule has 2 aromatic carbocycles. The van der Waals surface area contributed by atoms with Crippen molar-refractivity contribution in [1.82, 2.24) is 20.2 Å². The van der Waals surface area contributed by atoms with Gasteiger partial charge in [-0.1, -0.05) is 42.0 Å². The second-order valence-electron chi connectivity index (χ2n) is 12.8. The molecule has 7 rings (SSSR count). The first-order chi connectivity index (χ1) is 21.0. The number of benzene rings is 2. The van der Waals surface area contributed by atoms with Crippen LogP contribution in [0.1, 0.15) is 84.0 Å². The first-order valence-electron chi connectivity index (χ1n) is 15.6. The molecule has 1 spiro atoms. The highest BCUT2D eigenvalue weighted by Crippen LogP contribution is 2.55. The number of carbonyl (C=O) groups excluding carboxylic acids is 1. The fourth-order valence-corrected chi connectivity index (χ4v) is 7.27. The Bertz CT molecular complexity index is 1480. The Hall–Kier alpha value is -3.46. The normalized spacial score (nSPS) is 22.6. The minimum Gasteiger partial charge on any atom is -0.381 e. The van der Waals surface area contributed by atoms with Gasteiger partial charge < -0.3 is 14.8 Å². The van der Waals surface area contributed by atoms with Gasteiger partial charge in [0.25, 0.3) is 5.91 Å². The van der Waals surface area contributed by atoms with Crippen molar-refractivity contribution < 1.29 is 18.7 Å². The summed E-state index contributed by atoms with van der Waals surface area (Å²) in [6, 6.07) is 17.3. The van der Waals surface area contributed by atoms with Crippen molar-refractivity contribution >= 4 is 11.5 Å². The maximum atomic E-state index is 13.8. The molecule has 3 aliphatic heterocycles. The lowest BCUT2D eigenvalue weighted by Gasteiger charge is -2.59. The zero-order valence-corrected chi connectivity index (χ0v) is 24.7. The molecule has 8 heteroatoms. The molecule has 0 radical (unpaired) electrons. The van der Waals surface area contributed by atoms with E-state index in [1.165, 1.54) is 11.1 Å². The van der Waals surface area contributed by atoms with Crippen molar-refractivity contribution in [3.63, 3.8) is 0 Å². The van der Waals surface area contributed by atoms with Crippen molar-refractivity contribution in [2.45, 2.75) is 57.0 Å². The van der Waals surface area contributed by atoms with Gasteiger partial charge in [0.05, 0.1) is 12.6 Å². The number of ether oxygens (including phenoxy) is 2. The molecule has 4 aliphatic rings. The number of amides is 1. The van der Waals surface area contributed by atoms with Crippen LogP contribution in [0.2, 0.25) is 0 Å². The first kappa shape index (κ1) is 28.3. The fourth-order valence-electron chi connectivity index (χ4n) is 7.27. The van der Waals surface area contributed by atoms with Crippen LogP contribution in [0.5, 0.6) is 0 Å². The molecule has 1 aliphatic carbocycles. The van der Waals surface area contributed by atoms with Gasteiger partial charge in [0.15, 0.2) is 0 Å². The van der Waals surface area contributed by atoms with Crippen LogP contribution in [-0.4, -0.2) is 66.3 Å². The lowest BCUT2D eigenvalue weighted by molar-refractivity contribution is -0.0578. The molecule has 4 fully saturated rings. The van der Waals surface area contributed by atoms with Crippen molar-refractivity contribution in [2.24, 2.45) is 5.41 Å². The number of nitrogens with zero attached hydrogens (tertiary/aromatic N) is 3. The molecule has 43 heavy (non-hydrogen) atoms. The van der Waals surface area contributed by atoms with Crippen molar-refractivity contribution in [3.05, 3.63) is 100 Å². The van der Waals surface area contributed by atoms with Crippen LogP contribution in [0.25, 0.3) is 5.57 Å². The zero-order valence-electron chi connectivity index (χ0n) is 24.7. The molecule has 1 unspecified atom stereocenters. The number of hydrogen-bond acceptors (Lipinski definition) is 6. The molecule has 3 saturated heterocycles. The van der Waals surface area contributed by atoms with Crippen molar-refractivity contribution in [2.75, 3.05) is 39.5 Å². The molecular formula is C35H39FN4O3. The van der Waals surface area contributed by atoms with E-state index >= 15 is 0 Å². The van der Waals surface area contributed by atoms with Crippen molar-refractivity contribution in [3.8, 4) is 0 Å². The van der Waals surface area contributed by atoms with Gasteiger partial charge in [-0.25, -0.2) is 14.4 Å². The summed E-state index contributed by atoms with van der Waals surface area (Å²) in [5.74, 6) is 0.510. The molecule has 1 saturated carbocycles. The number of aromatic nitrogens is 2. The highest BCUT2D eigenvalue weighted by Gasteiger charge is 2.52. The number of carbonyl (C=O) groups is 1. The lowest BCUT2D eigenvalue weighted by atomic mass is 9.58. The number of likely N-dealkylation sites (tertiary alicyclic amines) is 1. The van der Waals surface area contributed by atoms with E-state index in [4.69, 9.17) is 9.47 Å². The molecule has 224 valence electrons. The standard InChI is InChI=1S/C35H39FN4O3/c1-23(38-34(41)31-10-14-37-33(39-31)27-11-15-42-16-12-27)24-2-4-25(5-3-24)32(26-6-8-29(36)9-7-26)28-18-35(19-28)21-40(22-35)30-13-17-43-20-30/h2-10,14,23,27,30H,11-13,15-22H2,1H3,(H,38,41)/t23-,30?/m1/s1.